The number of benzene rings is 1. The predicted octanol–water partition coefficient (Wildman–Crippen LogP) is 0.881. The van der Waals surface area contributed by atoms with Crippen LogP contribution in [0.4, 0.5) is 0 Å². The fourth-order valence-electron chi connectivity index (χ4n) is 1.80. The van der Waals surface area contributed by atoms with Crippen LogP contribution in [0.15, 0.2) is 24.3 Å². The molecule has 0 aliphatic heterocycles. The third kappa shape index (κ3) is 2.58. The zero-order valence-electron chi connectivity index (χ0n) is 10.3. The van der Waals surface area contributed by atoms with E-state index in [4.69, 9.17) is 21.6 Å². The summed E-state index contributed by atoms with van der Waals surface area (Å²) >= 11 is 6.08. The summed E-state index contributed by atoms with van der Waals surface area (Å²) in [4.78, 5) is 0. The number of hydrogen-bond donors (Lipinski definition) is 2. The van der Waals surface area contributed by atoms with Crippen LogP contribution >= 0.6 is 11.6 Å². The molecule has 2 aromatic rings. The van der Waals surface area contributed by atoms with Crippen molar-refractivity contribution >= 4 is 24.2 Å². The summed E-state index contributed by atoms with van der Waals surface area (Å²) in [6.07, 6.45) is 0. The van der Waals surface area contributed by atoms with Crippen molar-refractivity contribution in [3.05, 3.63) is 46.2 Å². The molecule has 0 saturated heterocycles. The molecule has 0 amide bonds. The van der Waals surface area contributed by atoms with Gasteiger partial charge in [0.05, 0.1) is 23.0 Å². The highest BCUT2D eigenvalue weighted by Gasteiger charge is 2.11. The van der Waals surface area contributed by atoms with Crippen molar-refractivity contribution in [2.45, 2.75) is 20.4 Å². The van der Waals surface area contributed by atoms with Gasteiger partial charge >= 0.3 is 7.12 Å². The first kappa shape index (κ1) is 13.1. The molecule has 0 aliphatic rings. The number of hydrogen-bond acceptors (Lipinski definition) is 3. The Kier molecular flexibility index (Phi) is 3.75. The second-order valence-corrected chi connectivity index (χ2v) is 4.64. The van der Waals surface area contributed by atoms with Gasteiger partial charge in [-0.3, -0.25) is 4.68 Å². The lowest BCUT2D eigenvalue weighted by atomic mass is 9.80. The van der Waals surface area contributed by atoms with Gasteiger partial charge in [0.2, 0.25) is 0 Å². The highest BCUT2D eigenvalue weighted by Crippen LogP contribution is 2.19. The molecule has 0 aliphatic carbocycles. The topological polar surface area (TPSA) is 58.3 Å². The minimum Gasteiger partial charge on any atom is -0.423 e. The van der Waals surface area contributed by atoms with Crippen molar-refractivity contribution in [2.24, 2.45) is 0 Å². The summed E-state index contributed by atoms with van der Waals surface area (Å²) in [5, 5.41) is 23.1. The second kappa shape index (κ2) is 5.14. The van der Waals surface area contributed by atoms with Crippen LogP contribution in [0.1, 0.15) is 17.0 Å². The molecular weight excluding hydrogens is 250 g/mol. The molecule has 4 nitrogen and oxygen atoms in total. The lowest BCUT2D eigenvalue weighted by Crippen LogP contribution is -2.29. The van der Waals surface area contributed by atoms with Gasteiger partial charge in [-0.05, 0) is 24.9 Å². The average molecular weight is 265 g/mol. The molecule has 0 fully saturated rings. The van der Waals surface area contributed by atoms with Crippen molar-refractivity contribution < 1.29 is 10.0 Å². The number of rotatable bonds is 3. The summed E-state index contributed by atoms with van der Waals surface area (Å²) < 4.78 is 1.84. The Morgan fingerprint density at radius 1 is 1.22 bits per heavy atom. The second-order valence-electron chi connectivity index (χ2n) is 4.26. The molecule has 18 heavy (non-hydrogen) atoms. The van der Waals surface area contributed by atoms with Crippen LogP contribution in [0.5, 0.6) is 0 Å². The molecule has 0 atom stereocenters. The van der Waals surface area contributed by atoms with Crippen molar-refractivity contribution in [3.8, 4) is 0 Å². The molecule has 0 unspecified atom stereocenters. The Hall–Kier alpha value is -1.30. The summed E-state index contributed by atoms with van der Waals surface area (Å²) in [5.74, 6) is 0. The first-order valence-corrected chi connectivity index (χ1v) is 6.01. The van der Waals surface area contributed by atoms with E-state index in [-0.39, 0.29) is 0 Å². The molecule has 0 radical (unpaired) electrons. The van der Waals surface area contributed by atoms with Crippen LogP contribution < -0.4 is 5.46 Å². The lowest BCUT2D eigenvalue weighted by Gasteiger charge is -2.06. The molecule has 0 saturated carbocycles. The van der Waals surface area contributed by atoms with E-state index in [2.05, 4.69) is 5.10 Å². The molecule has 0 bridgehead atoms. The molecule has 1 aromatic carbocycles. The van der Waals surface area contributed by atoms with Gasteiger partial charge in [-0.1, -0.05) is 35.9 Å². The molecule has 6 heteroatoms. The Balaban J connectivity index is 2.21. The molecule has 2 N–H and O–H groups in total. The van der Waals surface area contributed by atoms with Crippen LogP contribution in [-0.4, -0.2) is 26.9 Å². The monoisotopic (exact) mass is 264 g/mol. The van der Waals surface area contributed by atoms with Gasteiger partial charge in [0.15, 0.2) is 0 Å². The van der Waals surface area contributed by atoms with Gasteiger partial charge in [-0.15, -0.1) is 0 Å². The van der Waals surface area contributed by atoms with Crippen LogP contribution in [0.3, 0.4) is 0 Å². The third-order valence-corrected chi connectivity index (χ3v) is 3.45. The molecule has 1 aromatic heterocycles. The van der Waals surface area contributed by atoms with E-state index in [1.54, 1.807) is 12.1 Å². The standard InChI is InChI=1S/C12H14BClN2O2/c1-8-12(14)9(2)16(15-8)7-10-3-5-11(6-4-10)13(17)18/h3-6,17-18H,7H2,1-2H3. The van der Waals surface area contributed by atoms with Gasteiger partial charge < -0.3 is 10.0 Å². The van der Waals surface area contributed by atoms with Crippen LogP contribution in [0.2, 0.25) is 5.02 Å². The Morgan fingerprint density at radius 2 is 1.83 bits per heavy atom. The van der Waals surface area contributed by atoms with Crippen molar-refractivity contribution in [2.75, 3.05) is 0 Å². The molecule has 1 heterocycles. The van der Waals surface area contributed by atoms with Crippen LogP contribution in [-0.2, 0) is 6.54 Å². The maximum Gasteiger partial charge on any atom is 0.488 e. The maximum atomic E-state index is 9.01. The van der Waals surface area contributed by atoms with Gasteiger partial charge in [0, 0.05) is 0 Å². The van der Waals surface area contributed by atoms with Crippen LogP contribution in [0.25, 0.3) is 0 Å². The van der Waals surface area contributed by atoms with E-state index in [0.717, 1.165) is 17.0 Å². The number of nitrogens with zero attached hydrogens (tertiary/aromatic N) is 2. The fraction of sp³-hybridized carbons (Fsp3) is 0.250. The van der Waals surface area contributed by atoms with E-state index in [0.29, 0.717) is 17.0 Å². The molecule has 94 valence electrons. The quantitative estimate of drug-likeness (QED) is 0.809. The maximum absolute atomic E-state index is 9.01. The third-order valence-electron chi connectivity index (χ3n) is 2.90. The minimum atomic E-state index is -1.43. The Labute approximate surface area is 111 Å². The highest BCUT2D eigenvalue weighted by atomic mass is 35.5. The molecular formula is C12H14BClN2O2. The summed E-state index contributed by atoms with van der Waals surface area (Å²) in [5.41, 5.74) is 3.25. The fourth-order valence-corrected chi connectivity index (χ4v) is 1.93. The number of aryl methyl sites for hydroxylation is 1. The predicted molar refractivity (Wildman–Crippen MR) is 72.1 cm³/mol. The Bertz CT molecular complexity index is 552. The molecule has 2 rings (SSSR count). The first-order chi connectivity index (χ1) is 8.49. The van der Waals surface area contributed by atoms with E-state index < -0.39 is 7.12 Å². The normalized spacial score (nSPS) is 10.7. The van der Waals surface area contributed by atoms with Gasteiger partial charge in [-0.2, -0.15) is 5.10 Å². The zero-order valence-corrected chi connectivity index (χ0v) is 11.0. The number of aromatic nitrogens is 2. The van der Waals surface area contributed by atoms with Gasteiger partial charge in [-0.25, -0.2) is 0 Å². The van der Waals surface area contributed by atoms with Gasteiger partial charge in [0.25, 0.3) is 0 Å². The lowest BCUT2D eigenvalue weighted by molar-refractivity contribution is 0.426. The highest BCUT2D eigenvalue weighted by molar-refractivity contribution is 6.58. The van der Waals surface area contributed by atoms with E-state index >= 15 is 0 Å². The zero-order chi connectivity index (χ0) is 13.3. The van der Waals surface area contributed by atoms with Crippen molar-refractivity contribution in [1.82, 2.24) is 9.78 Å². The van der Waals surface area contributed by atoms with E-state index in [1.165, 1.54) is 0 Å². The van der Waals surface area contributed by atoms with Crippen LogP contribution in [0, 0.1) is 13.8 Å². The first-order valence-electron chi connectivity index (χ1n) is 5.63. The average Bonchev–Trinajstić information content (AvgIpc) is 2.58. The van der Waals surface area contributed by atoms with E-state index in [9.17, 15) is 0 Å². The van der Waals surface area contributed by atoms with E-state index in [1.807, 2.05) is 30.7 Å². The smallest absolute Gasteiger partial charge is 0.423 e. The Morgan fingerprint density at radius 3 is 2.28 bits per heavy atom. The number of halogens is 1. The summed E-state index contributed by atoms with van der Waals surface area (Å²) in [6, 6.07) is 7.07. The largest absolute Gasteiger partial charge is 0.488 e. The van der Waals surface area contributed by atoms with Crippen molar-refractivity contribution in [1.29, 1.82) is 0 Å². The minimum absolute atomic E-state index is 0.477. The van der Waals surface area contributed by atoms with Gasteiger partial charge in [0.1, 0.15) is 0 Å². The van der Waals surface area contributed by atoms with Crippen molar-refractivity contribution in [3.63, 3.8) is 0 Å². The SMILES string of the molecule is Cc1nn(Cc2ccc(B(O)O)cc2)c(C)c1Cl. The molecule has 0 spiro atoms. The summed E-state index contributed by atoms with van der Waals surface area (Å²) in [7, 11) is -1.43. The summed E-state index contributed by atoms with van der Waals surface area (Å²) in [6.45, 7) is 4.41.